The molecular formula is C24H24N6O2. The topological polar surface area (TPSA) is 86.9 Å². The zero-order chi connectivity index (χ0) is 21.7. The second kappa shape index (κ2) is 7.47. The molecule has 1 amide bonds. The lowest BCUT2D eigenvalue weighted by Crippen LogP contribution is -2.25. The first-order valence-corrected chi connectivity index (χ1v) is 11.0. The van der Waals surface area contributed by atoms with E-state index in [-0.39, 0.29) is 17.9 Å². The summed E-state index contributed by atoms with van der Waals surface area (Å²) >= 11 is 0. The minimum atomic E-state index is -0.0884. The van der Waals surface area contributed by atoms with Crippen molar-refractivity contribution in [1.29, 1.82) is 0 Å². The van der Waals surface area contributed by atoms with Crippen LogP contribution in [0.2, 0.25) is 0 Å². The van der Waals surface area contributed by atoms with E-state index in [1.165, 1.54) is 12.8 Å². The summed E-state index contributed by atoms with van der Waals surface area (Å²) in [5, 5.41) is 7.44. The van der Waals surface area contributed by atoms with Crippen molar-refractivity contribution in [2.75, 3.05) is 6.54 Å². The molecule has 0 bridgehead atoms. The van der Waals surface area contributed by atoms with Gasteiger partial charge in [-0.2, -0.15) is 5.10 Å². The second-order valence-corrected chi connectivity index (χ2v) is 8.70. The lowest BCUT2D eigenvalue weighted by atomic mass is 10.0. The van der Waals surface area contributed by atoms with Crippen LogP contribution in [0.25, 0.3) is 27.8 Å². The zero-order valence-corrected chi connectivity index (χ0v) is 17.8. The van der Waals surface area contributed by atoms with E-state index in [4.69, 9.17) is 4.74 Å². The fourth-order valence-corrected chi connectivity index (χ4v) is 4.38. The van der Waals surface area contributed by atoms with E-state index >= 15 is 0 Å². The van der Waals surface area contributed by atoms with Gasteiger partial charge in [0.25, 0.3) is 0 Å². The fourth-order valence-electron chi connectivity index (χ4n) is 4.38. The van der Waals surface area contributed by atoms with Gasteiger partial charge in [0.15, 0.2) is 0 Å². The first-order valence-electron chi connectivity index (χ1n) is 11.0. The van der Waals surface area contributed by atoms with Gasteiger partial charge in [0.05, 0.1) is 23.7 Å². The molecule has 1 unspecified atom stereocenters. The van der Waals surface area contributed by atoms with Gasteiger partial charge in [-0.25, -0.2) is 9.67 Å². The number of imidazole rings is 1. The molecule has 0 spiro atoms. The van der Waals surface area contributed by atoms with Crippen LogP contribution in [0.3, 0.4) is 0 Å². The van der Waals surface area contributed by atoms with Gasteiger partial charge in [-0.1, -0.05) is 0 Å². The minimum Gasteiger partial charge on any atom is -0.488 e. The first-order chi connectivity index (χ1) is 15.7. The van der Waals surface area contributed by atoms with Crippen LogP contribution in [0.5, 0.6) is 5.75 Å². The second-order valence-electron chi connectivity index (χ2n) is 8.70. The molecule has 1 saturated carbocycles. The predicted octanol–water partition coefficient (Wildman–Crippen LogP) is 3.52. The number of hydrogen-bond acceptors (Lipinski definition) is 5. The van der Waals surface area contributed by atoms with Crippen LogP contribution in [0, 0.1) is 5.92 Å². The maximum atomic E-state index is 11.7. The number of aromatic nitrogens is 5. The number of hydrogen-bond donors (Lipinski definition) is 1. The molecular weight excluding hydrogens is 404 g/mol. The number of carbonyl (C=O) groups is 1. The Hall–Kier alpha value is -3.68. The van der Waals surface area contributed by atoms with Gasteiger partial charge in [-0.05, 0) is 49.6 Å². The molecule has 32 heavy (non-hydrogen) atoms. The van der Waals surface area contributed by atoms with Crippen LogP contribution in [0.4, 0.5) is 0 Å². The quantitative estimate of drug-likeness (QED) is 0.508. The van der Waals surface area contributed by atoms with Crippen molar-refractivity contribution in [1.82, 2.24) is 29.6 Å². The van der Waals surface area contributed by atoms with E-state index < -0.39 is 0 Å². The molecule has 3 aromatic heterocycles. The third-order valence-corrected chi connectivity index (χ3v) is 6.40. The van der Waals surface area contributed by atoms with Gasteiger partial charge in [0.2, 0.25) is 5.91 Å². The highest BCUT2D eigenvalue weighted by Gasteiger charge is 2.30. The molecule has 8 nitrogen and oxygen atoms in total. The minimum absolute atomic E-state index is 0.0884. The highest BCUT2D eigenvalue weighted by Crippen LogP contribution is 2.41. The summed E-state index contributed by atoms with van der Waals surface area (Å²) in [7, 11) is 0. The van der Waals surface area contributed by atoms with Crippen molar-refractivity contribution < 1.29 is 9.53 Å². The Morgan fingerprint density at radius 1 is 1.19 bits per heavy atom. The summed E-state index contributed by atoms with van der Waals surface area (Å²) in [6, 6.07) is 8.51. The third kappa shape index (κ3) is 3.41. The van der Waals surface area contributed by atoms with Crippen molar-refractivity contribution in [2.45, 2.75) is 38.3 Å². The number of amides is 1. The Morgan fingerprint density at radius 3 is 2.78 bits per heavy atom. The largest absolute Gasteiger partial charge is 0.488 e. The molecule has 1 aromatic carbocycles. The van der Waals surface area contributed by atoms with Crippen LogP contribution < -0.4 is 10.1 Å². The summed E-state index contributed by atoms with van der Waals surface area (Å²) < 4.78 is 10.6. The summed E-state index contributed by atoms with van der Waals surface area (Å²) in [6.07, 6.45) is 12.0. The summed E-state index contributed by atoms with van der Waals surface area (Å²) in [6.45, 7) is 2.70. The highest BCUT2D eigenvalue weighted by atomic mass is 16.5. The molecule has 1 aliphatic carbocycles. The number of fused-ring (bicyclic) bond motifs is 1. The van der Waals surface area contributed by atoms with E-state index in [2.05, 4.69) is 37.1 Å². The first kappa shape index (κ1) is 19.0. The molecule has 8 heteroatoms. The number of nitrogens with zero attached hydrogens (tertiary/aromatic N) is 5. The van der Waals surface area contributed by atoms with Gasteiger partial charge in [0, 0.05) is 49.1 Å². The number of nitrogens with one attached hydrogen (secondary N) is 1. The summed E-state index contributed by atoms with van der Waals surface area (Å²) in [5.74, 6) is 1.06. The van der Waals surface area contributed by atoms with E-state index in [1.807, 2.05) is 42.5 Å². The Balaban J connectivity index is 1.39. The Kier molecular flexibility index (Phi) is 4.45. The number of carbonyl (C=O) groups excluding carboxylic acids is 1. The fraction of sp³-hybridized carbons (Fsp3) is 0.333. The number of benzene rings is 1. The normalized spacial score (nSPS) is 19.3. The van der Waals surface area contributed by atoms with Crippen LogP contribution in [0.15, 0.2) is 55.4 Å². The predicted molar refractivity (Wildman–Crippen MR) is 120 cm³/mol. The Labute approximate surface area is 185 Å². The van der Waals surface area contributed by atoms with Gasteiger partial charge >= 0.3 is 0 Å². The maximum absolute atomic E-state index is 11.7. The molecule has 2 fully saturated rings. The van der Waals surface area contributed by atoms with Gasteiger partial charge < -0.3 is 14.6 Å². The molecule has 4 heterocycles. The van der Waals surface area contributed by atoms with Crippen molar-refractivity contribution in [2.24, 2.45) is 5.92 Å². The number of ether oxygens (including phenoxy) is 1. The Bertz CT molecular complexity index is 1290. The molecule has 1 saturated heterocycles. The van der Waals surface area contributed by atoms with Crippen LogP contribution in [-0.2, 0) is 4.79 Å². The Morgan fingerprint density at radius 2 is 2.03 bits per heavy atom. The van der Waals surface area contributed by atoms with Crippen LogP contribution in [-0.4, -0.2) is 42.9 Å². The van der Waals surface area contributed by atoms with E-state index in [0.717, 1.165) is 33.6 Å². The SMILES string of the molecule is C[C@@H](Oc1cc(-c2cnn(-c3ccncc3)c2)cc2ncn(C3CC3)c12)C1CNC(=O)C1. The molecule has 2 aliphatic rings. The molecule has 6 rings (SSSR count). The lowest BCUT2D eigenvalue weighted by molar-refractivity contribution is -0.119. The maximum Gasteiger partial charge on any atom is 0.220 e. The smallest absolute Gasteiger partial charge is 0.220 e. The molecule has 1 aliphatic heterocycles. The van der Waals surface area contributed by atoms with E-state index in [0.29, 0.717) is 19.0 Å². The lowest BCUT2D eigenvalue weighted by Gasteiger charge is -2.21. The number of pyridine rings is 1. The van der Waals surface area contributed by atoms with Crippen molar-refractivity contribution in [3.8, 4) is 22.6 Å². The van der Waals surface area contributed by atoms with Gasteiger partial charge in [-0.15, -0.1) is 0 Å². The molecule has 0 radical (unpaired) electrons. The van der Waals surface area contributed by atoms with E-state index in [9.17, 15) is 4.79 Å². The average Bonchev–Trinajstić information content (AvgIpc) is 3.19. The van der Waals surface area contributed by atoms with Gasteiger partial charge in [0.1, 0.15) is 17.4 Å². The summed E-state index contributed by atoms with van der Waals surface area (Å²) in [4.78, 5) is 20.5. The summed E-state index contributed by atoms with van der Waals surface area (Å²) in [5.41, 5.74) is 4.88. The van der Waals surface area contributed by atoms with Crippen molar-refractivity contribution >= 4 is 16.9 Å². The average molecular weight is 428 g/mol. The van der Waals surface area contributed by atoms with E-state index in [1.54, 1.807) is 12.4 Å². The van der Waals surface area contributed by atoms with Crippen molar-refractivity contribution in [3.05, 3.63) is 55.4 Å². The molecule has 4 aromatic rings. The van der Waals surface area contributed by atoms with Crippen molar-refractivity contribution in [3.63, 3.8) is 0 Å². The molecule has 162 valence electrons. The standard InChI is InChI=1S/C24H24N6O2/c1-15(17-10-23(31)26-11-17)32-22-9-16(8-21-24(22)29(14-27-21)19-2-3-19)18-12-28-30(13-18)20-4-6-25-7-5-20/h4-9,12-15,17,19H,2-3,10-11H2,1H3,(H,26,31)/t15-,17?/m1/s1. The number of rotatable bonds is 6. The molecule has 1 N–H and O–H groups in total. The monoisotopic (exact) mass is 428 g/mol. The highest BCUT2D eigenvalue weighted by molar-refractivity contribution is 5.88. The third-order valence-electron chi connectivity index (χ3n) is 6.40. The van der Waals surface area contributed by atoms with Crippen LogP contribution >= 0.6 is 0 Å². The van der Waals surface area contributed by atoms with Crippen LogP contribution in [0.1, 0.15) is 32.2 Å². The molecule has 2 atom stereocenters. The van der Waals surface area contributed by atoms with Gasteiger partial charge in [-0.3, -0.25) is 9.78 Å². The zero-order valence-electron chi connectivity index (χ0n) is 17.8.